The van der Waals surface area contributed by atoms with Crippen molar-refractivity contribution in [3.05, 3.63) is 17.0 Å². The summed E-state index contributed by atoms with van der Waals surface area (Å²) >= 11 is 0. The predicted octanol–water partition coefficient (Wildman–Crippen LogP) is 0.627. The minimum absolute atomic E-state index is 0.245. The highest BCUT2D eigenvalue weighted by Gasteiger charge is 2.24. The first-order chi connectivity index (χ1) is 4.88. The van der Waals surface area contributed by atoms with Crippen LogP contribution in [0.2, 0.25) is 0 Å². The molecule has 50 valence electrons. The van der Waals surface area contributed by atoms with E-state index in [4.69, 9.17) is 4.42 Å². The highest BCUT2D eigenvalue weighted by Crippen LogP contribution is 2.19. The predicted molar refractivity (Wildman–Crippen MR) is 32.0 cm³/mol. The molecule has 0 aromatic carbocycles. The van der Waals surface area contributed by atoms with Crippen molar-refractivity contribution in [3.8, 4) is 0 Å². The number of hydrogen-bond donors (Lipinski definition) is 0. The van der Waals surface area contributed by atoms with Crippen molar-refractivity contribution in [2.45, 2.75) is 6.54 Å². The lowest BCUT2D eigenvalue weighted by Crippen LogP contribution is -2.04. The van der Waals surface area contributed by atoms with Gasteiger partial charge in [-0.3, -0.25) is 0 Å². The maximum absolute atomic E-state index is 10.8. The van der Waals surface area contributed by atoms with E-state index in [1.54, 1.807) is 0 Å². The number of nitroso groups, excluding NO2 is 1. The molecule has 2 rings (SSSR count). The van der Waals surface area contributed by atoms with Gasteiger partial charge in [0.25, 0.3) is 0 Å². The van der Waals surface area contributed by atoms with Crippen molar-refractivity contribution >= 4 is 12.2 Å². The molecular formula is C5H4N3O2+. The van der Waals surface area contributed by atoms with E-state index in [1.807, 2.05) is 0 Å². The Morgan fingerprint density at radius 3 is 3.40 bits per heavy atom. The Labute approximate surface area is 56.0 Å². The maximum Gasteiger partial charge on any atom is 0.363 e. The molecule has 5 heteroatoms. The number of oxazole rings is 1. The second-order valence-corrected chi connectivity index (χ2v) is 1.89. The SMILES string of the molecule is O=[N+]1C=NCc2ncoc21. The number of aromatic nitrogens is 1. The van der Waals surface area contributed by atoms with Crippen LogP contribution in [-0.2, 0) is 6.54 Å². The van der Waals surface area contributed by atoms with E-state index in [-0.39, 0.29) is 5.88 Å². The molecule has 0 aliphatic carbocycles. The molecule has 0 fully saturated rings. The topological polar surface area (TPSA) is 58.5 Å². The molecule has 0 radical (unpaired) electrons. The summed E-state index contributed by atoms with van der Waals surface area (Å²) in [6.45, 7) is 0.435. The second kappa shape index (κ2) is 1.73. The summed E-state index contributed by atoms with van der Waals surface area (Å²) in [6.07, 6.45) is 2.41. The van der Waals surface area contributed by atoms with Crippen LogP contribution in [0.5, 0.6) is 0 Å². The van der Waals surface area contributed by atoms with Crippen LogP contribution in [-0.4, -0.2) is 16.1 Å². The van der Waals surface area contributed by atoms with E-state index >= 15 is 0 Å². The van der Waals surface area contributed by atoms with Crippen LogP contribution in [0.25, 0.3) is 0 Å². The lowest BCUT2D eigenvalue weighted by atomic mass is 10.4. The summed E-state index contributed by atoms with van der Waals surface area (Å²) in [5.41, 5.74) is 0.595. The normalized spacial score (nSPS) is 15.4. The highest BCUT2D eigenvalue weighted by molar-refractivity contribution is 5.51. The highest BCUT2D eigenvalue weighted by atomic mass is 16.4. The van der Waals surface area contributed by atoms with Crippen LogP contribution < -0.4 is 0 Å². The number of aliphatic imine (C=N–C) groups is 1. The molecule has 0 amide bonds. The van der Waals surface area contributed by atoms with Crippen LogP contribution in [0, 0.1) is 4.91 Å². The van der Waals surface area contributed by atoms with Gasteiger partial charge in [-0.05, 0) is 0 Å². The maximum atomic E-state index is 10.8. The van der Waals surface area contributed by atoms with Crippen molar-refractivity contribution < 1.29 is 9.18 Å². The van der Waals surface area contributed by atoms with E-state index in [1.165, 1.54) is 12.7 Å². The Hall–Kier alpha value is -1.52. The number of rotatable bonds is 0. The van der Waals surface area contributed by atoms with E-state index in [0.717, 1.165) is 0 Å². The molecule has 1 aromatic rings. The Morgan fingerprint density at radius 1 is 1.70 bits per heavy atom. The molecule has 1 aliphatic heterocycles. The monoisotopic (exact) mass is 138 g/mol. The minimum Gasteiger partial charge on any atom is -0.407 e. The van der Waals surface area contributed by atoms with Gasteiger partial charge in [0, 0.05) is 4.76 Å². The van der Waals surface area contributed by atoms with Crippen LogP contribution in [0.1, 0.15) is 5.69 Å². The lowest BCUT2D eigenvalue weighted by molar-refractivity contribution is -0.343. The second-order valence-electron chi connectivity index (χ2n) is 1.89. The Morgan fingerprint density at radius 2 is 2.60 bits per heavy atom. The average molecular weight is 138 g/mol. The summed E-state index contributed by atoms with van der Waals surface area (Å²) in [6, 6.07) is 0. The smallest absolute Gasteiger partial charge is 0.363 e. The Bertz CT molecular complexity index is 302. The van der Waals surface area contributed by atoms with E-state index in [9.17, 15) is 4.91 Å². The molecule has 0 atom stereocenters. The zero-order valence-corrected chi connectivity index (χ0v) is 5.02. The van der Waals surface area contributed by atoms with Gasteiger partial charge in [0.1, 0.15) is 0 Å². The minimum atomic E-state index is 0.245. The lowest BCUT2D eigenvalue weighted by Gasteiger charge is -1.89. The molecule has 2 heterocycles. The van der Waals surface area contributed by atoms with Gasteiger partial charge in [-0.1, -0.05) is 9.90 Å². The molecule has 0 unspecified atom stereocenters. The molecule has 1 aromatic heterocycles. The van der Waals surface area contributed by atoms with Gasteiger partial charge in [0.15, 0.2) is 18.6 Å². The molecule has 0 saturated heterocycles. The van der Waals surface area contributed by atoms with Crippen molar-refractivity contribution in [2.24, 2.45) is 4.99 Å². The molecular weight excluding hydrogens is 134 g/mol. The molecule has 5 nitrogen and oxygen atoms in total. The van der Waals surface area contributed by atoms with Crippen molar-refractivity contribution in [1.29, 1.82) is 0 Å². The third kappa shape index (κ3) is 0.570. The molecule has 0 N–H and O–H groups in total. The van der Waals surface area contributed by atoms with Crippen LogP contribution in [0.15, 0.2) is 15.8 Å². The van der Waals surface area contributed by atoms with Gasteiger partial charge < -0.3 is 4.42 Å². The number of fused-ring (bicyclic) bond motifs is 1. The van der Waals surface area contributed by atoms with Crippen LogP contribution in [0.4, 0.5) is 5.88 Å². The van der Waals surface area contributed by atoms with Gasteiger partial charge >= 0.3 is 12.2 Å². The van der Waals surface area contributed by atoms with E-state index < -0.39 is 0 Å². The third-order valence-electron chi connectivity index (χ3n) is 1.25. The van der Waals surface area contributed by atoms with Gasteiger partial charge in [-0.15, -0.1) is 0 Å². The zero-order valence-electron chi connectivity index (χ0n) is 5.02. The fourth-order valence-electron chi connectivity index (χ4n) is 0.805. The van der Waals surface area contributed by atoms with E-state index in [0.29, 0.717) is 17.0 Å². The number of nitrogens with zero attached hydrogens (tertiary/aromatic N) is 3. The quantitative estimate of drug-likeness (QED) is 0.494. The van der Waals surface area contributed by atoms with Crippen molar-refractivity contribution in [2.75, 3.05) is 0 Å². The van der Waals surface area contributed by atoms with Crippen molar-refractivity contribution in [1.82, 2.24) is 4.98 Å². The summed E-state index contributed by atoms with van der Waals surface area (Å²) in [7, 11) is 0. The Kier molecular flexibility index (Phi) is 0.913. The fraction of sp³-hybridized carbons (Fsp3) is 0.200. The zero-order chi connectivity index (χ0) is 6.97. The van der Waals surface area contributed by atoms with Gasteiger partial charge in [0.2, 0.25) is 0 Å². The molecule has 0 saturated carbocycles. The largest absolute Gasteiger partial charge is 0.407 e. The van der Waals surface area contributed by atoms with Gasteiger partial charge in [-0.25, -0.2) is 4.98 Å². The van der Waals surface area contributed by atoms with Crippen LogP contribution >= 0.6 is 0 Å². The fourth-order valence-corrected chi connectivity index (χ4v) is 0.805. The third-order valence-corrected chi connectivity index (χ3v) is 1.25. The average Bonchev–Trinajstić information content (AvgIpc) is 2.36. The first-order valence-corrected chi connectivity index (χ1v) is 2.76. The van der Waals surface area contributed by atoms with Gasteiger partial charge in [-0.2, -0.15) is 0 Å². The van der Waals surface area contributed by atoms with Gasteiger partial charge in [0.05, 0.1) is 0 Å². The van der Waals surface area contributed by atoms with Crippen molar-refractivity contribution in [3.63, 3.8) is 0 Å². The van der Waals surface area contributed by atoms with E-state index in [2.05, 4.69) is 9.98 Å². The first-order valence-electron chi connectivity index (χ1n) is 2.76. The molecule has 10 heavy (non-hydrogen) atoms. The standard InChI is InChI=1S/C5H4N3O2/c9-8-2-6-1-4-5(8)10-3-7-4/h2-3H,1H2/q+1. The molecule has 0 spiro atoms. The summed E-state index contributed by atoms with van der Waals surface area (Å²) in [5, 5.41) is 0. The number of hydrogen-bond acceptors (Lipinski definition) is 4. The summed E-state index contributed by atoms with van der Waals surface area (Å²) in [5.74, 6) is 0.245. The summed E-state index contributed by atoms with van der Waals surface area (Å²) < 4.78 is 5.34. The molecule has 1 aliphatic rings. The van der Waals surface area contributed by atoms with Crippen LogP contribution in [0.3, 0.4) is 0 Å². The summed E-state index contributed by atoms with van der Waals surface area (Å²) in [4.78, 5) is 18.3. The Balaban J connectivity index is 2.58. The molecule has 0 bridgehead atoms. The first kappa shape index (κ1) is 5.28.